The Morgan fingerprint density at radius 2 is 1.74 bits per heavy atom. The molecule has 1 rings (SSSR count). The van der Waals surface area contributed by atoms with E-state index in [4.69, 9.17) is 8.85 Å². The van der Waals surface area contributed by atoms with Gasteiger partial charge in [-0.25, -0.2) is 0 Å². The van der Waals surface area contributed by atoms with E-state index in [-0.39, 0.29) is 0 Å². The normalized spacial score (nSPS) is 13.3. The molecular formula is C14H25NO3Si. The minimum absolute atomic E-state index is 0.574. The SMILES string of the molecule is CCO[Si](C)(CCC(O)Nc1ccccc1)OCC. The molecule has 4 nitrogen and oxygen atoms in total. The zero-order valence-electron chi connectivity index (χ0n) is 12.1. The van der Waals surface area contributed by atoms with E-state index >= 15 is 0 Å². The monoisotopic (exact) mass is 283 g/mol. The van der Waals surface area contributed by atoms with Gasteiger partial charge in [0.2, 0.25) is 0 Å². The van der Waals surface area contributed by atoms with Gasteiger partial charge in [-0.05, 0) is 45.0 Å². The molecule has 108 valence electrons. The Hall–Kier alpha value is -0.883. The number of aliphatic hydroxyl groups is 1. The highest BCUT2D eigenvalue weighted by Gasteiger charge is 2.31. The van der Waals surface area contributed by atoms with Crippen LogP contribution < -0.4 is 5.32 Å². The Labute approximate surface area is 117 Å². The molecule has 0 fully saturated rings. The predicted molar refractivity (Wildman–Crippen MR) is 80.4 cm³/mol. The molecule has 0 aliphatic rings. The van der Waals surface area contributed by atoms with E-state index in [1.165, 1.54) is 0 Å². The van der Waals surface area contributed by atoms with Gasteiger partial charge < -0.3 is 19.3 Å². The first-order chi connectivity index (χ1) is 9.09. The van der Waals surface area contributed by atoms with E-state index in [1.54, 1.807) is 0 Å². The number of para-hydroxylation sites is 1. The molecule has 19 heavy (non-hydrogen) atoms. The molecular weight excluding hydrogens is 258 g/mol. The third-order valence-electron chi connectivity index (χ3n) is 2.88. The molecule has 1 aromatic rings. The van der Waals surface area contributed by atoms with E-state index in [0.717, 1.165) is 11.7 Å². The van der Waals surface area contributed by atoms with Gasteiger partial charge in [-0.1, -0.05) is 18.2 Å². The van der Waals surface area contributed by atoms with E-state index in [2.05, 4.69) is 11.9 Å². The zero-order chi connectivity index (χ0) is 14.1. The average molecular weight is 283 g/mol. The van der Waals surface area contributed by atoms with Crippen molar-refractivity contribution in [2.75, 3.05) is 18.5 Å². The van der Waals surface area contributed by atoms with Crippen LogP contribution in [0.4, 0.5) is 5.69 Å². The molecule has 0 spiro atoms. The largest absolute Gasteiger partial charge is 0.395 e. The Balaban J connectivity index is 2.41. The Morgan fingerprint density at radius 1 is 1.16 bits per heavy atom. The summed E-state index contributed by atoms with van der Waals surface area (Å²) in [5.41, 5.74) is 0.922. The molecule has 0 aromatic heterocycles. The second kappa shape index (κ2) is 8.32. The number of hydrogen-bond acceptors (Lipinski definition) is 4. The maximum absolute atomic E-state index is 10.0. The summed E-state index contributed by atoms with van der Waals surface area (Å²) in [6, 6.07) is 10.5. The highest BCUT2D eigenvalue weighted by molar-refractivity contribution is 6.66. The van der Waals surface area contributed by atoms with Gasteiger partial charge in [-0.15, -0.1) is 0 Å². The number of anilines is 1. The fourth-order valence-electron chi connectivity index (χ4n) is 1.99. The Morgan fingerprint density at radius 3 is 2.26 bits per heavy atom. The van der Waals surface area contributed by atoms with Crippen LogP contribution in [0.15, 0.2) is 30.3 Å². The quantitative estimate of drug-likeness (QED) is 0.540. The Kier molecular flexibility index (Phi) is 7.08. The van der Waals surface area contributed by atoms with Gasteiger partial charge in [0.25, 0.3) is 0 Å². The van der Waals surface area contributed by atoms with Crippen molar-refractivity contribution in [3.63, 3.8) is 0 Å². The maximum atomic E-state index is 10.0. The van der Waals surface area contributed by atoms with Crippen molar-refractivity contribution in [2.24, 2.45) is 0 Å². The van der Waals surface area contributed by atoms with Gasteiger partial charge in [0, 0.05) is 18.9 Å². The van der Waals surface area contributed by atoms with Crippen LogP contribution in [0.5, 0.6) is 0 Å². The number of nitrogens with one attached hydrogen (secondary N) is 1. The van der Waals surface area contributed by atoms with Crippen LogP contribution in [0, 0.1) is 0 Å². The molecule has 0 saturated carbocycles. The minimum Gasteiger partial charge on any atom is -0.395 e. The topological polar surface area (TPSA) is 50.7 Å². The molecule has 1 atom stereocenters. The third-order valence-corrected chi connectivity index (χ3v) is 5.87. The molecule has 0 heterocycles. The second-order valence-corrected chi connectivity index (χ2v) is 7.91. The smallest absolute Gasteiger partial charge is 0.335 e. The molecule has 5 heteroatoms. The first-order valence-corrected chi connectivity index (χ1v) is 9.39. The zero-order valence-corrected chi connectivity index (χ0v) is 13.1. The van der Waals surface area contributed by atoms with Gasteiger partial charge in [0.1, 0.15) is 6.23 Å². The van der Waals surface area contributed by atoms with Crippen LogP contribution in [0.3, 0.4) is 0 Å². The second-order valence-electron chi connectivity index (χ2n) is 4.56. The summed E-state index contributed by atoms with van der Waals surface area (Å²) in [5, 5.41) is 13.1. The van der Waals surface area contributed by atoms with Crippen molar-refractivity contribution in [2.45, 2.75) is 39.1 Å². The molecule has 0 aliphatic carbocycles. The standard InChI is InChI=1S/C14H25NO3Si/c1-4-17-19(3,18-5-2)12-11-14(16)15-13-9-7-6-8-10-13/h6-10,14-16H,4-5,11-12H2,1-3H3. The van der Waals surface area contributed by atoms with Gasteiger partial charge >= 0.3 is 8.56 Å². The lowest BCUT2D eigenvalue weighted by Crippen LogP contribution is -2.40. The fraction of sp³-hybridized carbons (Fsp3) is 0.571. The van der Waals surface area contributed by atoms with Gasteiger partial charge in [0.05, 0.1) is 0 Å². The lowest BCUT2D eigenvalue weighted by Gasteiger charge is -2.27. The van der Waals surface area contributed by atoms with Crippen molar-refractivity contribution in [3.8, 4) is 0 Å². The Bertz CT molecular complexity index is 342. The maximum Gasteiger partial charge on any atom is 0.335 e. The molecule has 0 saturated heterocycles. The summed E-state index contributed by atoms with van der Waals surface area (Å²) in [6.07, 6.45) is 0.0487. The van der Waals surface area contributed by atoms with Gasteiger partial charge in [-0.3, -0.25) is 0 Å². The van der Waals surface area contributed by atoms with E-state index in [1.807, 2.05) is 44.2 Å². The lowest BCUT2D eigenvalue weighted by molar-refractivity contribution is 0.168. The summed E-state index contributed by atoms with van der Waals surface area (Å²) in [4.78, 5) is 0. The van der Waals surface area contributed by atoms with Crippen molar-refractivity contribution in [1.82, 2.24) is 0 Å². The fourth-order valence-corrected chi connectivity index (χ4v) is 4.39. The van der Waals surface area contributed by atoms with Crippen LogP contribution in [-0.4, -0.2) is 33.1 Å². The average Bonchev–Trinajstić information content (AvgIpc) is 2.38. The van der Waals surface area contributed by atoms with E-state index in [0.29, 0.717) is 19.6 Å². The summed E-state index contributed by atoms with van der Waals surface area (Å²) < 4.78 is 11.5. The van der Waals surface area contributed by atoms with Crippen LogP contribution >= 0.6 is 0 Å². The van der Waals surface area contributed by atoms with Crippen LogP contribution in [0.25, 0.3) is 0 Å². The molecule has 2 N–H and O–H groups in total. The van der Waals surface area contributed by atoms with E-state index < -0.39 is 14.8 Å². The molecule has 0 radical (unpaired) electrons. The summed E-state index contributed by atoms with van der Waals surface area (Å²) in [5.74, 6) is 0. The van der Waals surface area contributed by atoms with Crippen LogP contribution in [0.1, 0.15) is 20.3 Å². The van der Waals surface area contributed by atoms with Crippen molar-refractivity contribution in [1.29, 1.82) is 0 Å². The highest BCUT2D eigenvalue weighted by Crippen LogP contribution is 2.18. The molecule has 1 unspecified atom stereocenters. The van der Waals surface area contributed by atoms with Crippen molar-refractivity contribution < 1.29 is 14.0 Å². The van der Waals surface area contributed by atoms with Crippen LogP contribution in [-0.2, 0) is 8.85 Å². The van der Waals surface area contributed by atoms with Crippen molar-refractivity contribution >= 4 is 14.2 Å². The number of benzene rings is 1. The summed E-state index contributed by atoms with van der Waals surface area (Å²) in [6.45, 7) is 7.32. The highest BCUT2D eigenvalue weighted by atomic mass is 28.4. The van der Waals surface area contributed by atoms with Crippen LogP contribution in [0.2, 0.25) is 12.6 Å². The molecule has 1 aromatic carbocycles. The van der Waals surface area contributed by atoms with E-state index in [9.17, 15) is 5.11 Å². The first kappa shape index (κ1) is 16.2. The molecule has 0 amide bonds. The summed E-state index contributed by atoms with van der Waals surface area (Å²) >= 11 is 0. The number of rotatable bonds is 9. The lowest BCUT2D eigenvalue weighted by atomic mass is 10.3. The summed E-state index contributed by atoms with van der Waals surface area (Å²) in [7, 11) is -2.13. The third kappa shape index (κ3) is 6.20. The first-order valence-electron chi connectivity index (χ1n) is 6.87. The predicted octanol–water partition coefficient (Wildman–Crippen LogP) is 2.95. The molecule has 0 aliphatic heterocycles. The number of hydrogen-bond donors (Lipinski definition) is 2. The molecule has 0 bridgehead atoms. The minimum atomic E-state index is -2.13. The van der Waals surface area contributed by atoms with Gasteiger partial charge in [-0.2, -0.15) is 0 Å². The number of aliphatic hydroxyl groups excluding tert-OH is 1. The van der Waals surface area contributed by atoms with Gasteiger partial charge in [0.15, 0.2) is 0 Å². The van der Waals surface area contributed by atoms with Crippen molar-refractivity contribution in [3.05, 3.63) is 30.3 Å².